The maximum absolute atomic E-state index is 13.6. The first-order valence-electron chi connectivity index (χ1n) is 15.3. The van der Waals surface area contributed by atoms with E-state index in [1.807, 2.05) is 13.0 Å². The normalized spacial score (nSPS) is 47.1. The highest BCUT2D eigenvalue weighted by atomic mass is 32.2. The van der Waals surface area contributed by atoms with Crippen LogP contribution in [0.5, 0.6) is 0 Å². The molecule has 0 radical (unpaired) electrons. The Labute approximate surface area is 240 Å². The molecule has 5 saturated heterocycles. The van der Waals surface area contributed by atoms with E-state index in [-0.39, 0.29) is 42.0 Å². The standard InChI is InChI=1S/C32H47NO6S/c1-19-13-26-29-27(17-32(39-29)24(6)12-20(2)18-33-32)38-31(15-19,37-26)16-23(5)28-21(3)14-22(4)30(36-28)40(34,35)25-10-8-7-9-11-25/h7-11,19-22,24,26-30,33H,5,12-18H2,1-4,6H3/t19-,20+,21-,22+,24-,26-,27+,28-,29+,30-,31-,32-/m1/s1. The molecule has 0 saturated carbocycles. The summed E-state index contributed by atoms with van der Waals surface area (Å²) < 4.78 is 54.1. The number of benzene rings is 1. The topological polar surface area (TPSA) is 83.1 Å². The van der Waals surface area contributed by atoms with Crippen molar-refractivity contribution in [3.63, 3.8) is 0 Å². The molecule has 0 unspecified atom stereocenters. The van der Waals surface area contributed by atoms with Crippen molar-refractivity contribution in [3.8, 4) is 0 Å². The van der Waals surface area contributed by atoms with Crippen LogP contribution in [-0.4, -0.2) is 56.3 Å². The van der Waals surface area contributed by atoms with Crippen molar-refractivity contribution in [3.05, 3.63) is 42.5 Å². The molecule has 5 aliphatic rings. The van der Waals surface area contributed by atoms with Crippen LogP contribution in [0.2, 0.25) is 0 Å². The minimum Gasteiger partial charge on any atom is -0.354 e. The molecule has 0 aliphatic carbocycles. The van der Waals surface area contributed by atoms with Gasteiger partial charge >= 0.3 is 0 Å². The molecule has 8 heteroatoms. The van der Waals surface area contributed by atoms with Gasteiger partial charge in [-0.2, -0.15) is 0 Å². The van der Waals surface area contributed by atoms with Crippen molar-refractivity contribution < 1.29 is 27.4 Å². The molecule has 0 aromatic heterocycles. The van der Waals surface area contributed by atoms with Gasteiger partial charge in [-0.25, -0.2) is 8.42 Å². The third-order valence-electron chi connectivity index (χ3n) is 10.2. The lowest BCUT2D eigenvalue weighted by atomic mass is 9.79. The summed E-state index contributed by atoms with van der Waals surface area (Å²) >= 11 is 0. The van der Waals surface area contributed by atoms with Gasteiger partial charge in [0.15, 0.2) is 11.2 Å². The van der Waals surface area contributed by atoms with Crippen LogP contribution in [0.4, 0.5) is 0 Å². The molecule has 1 N–H and O–H groups in total. The predicted molar refractivity (Wildman–Crippen MR) is 153 cm³/mol. The average molecular weight is 574 g/mol. The lowest BCUT2D eigenvalue weighted by Gasteiger charge is -2.52. The number of nitrogens with one attached hydrogen (secondary N) is 1. The molecule has 5 fully saturated rings. The number of hydrogen-bond acceptors (Lipinski definition) is 7. The van der Waals surface area contributed by atoms with Gasteiger partial charge in [0, 0.05) is 25.8 Å². The van der Waals surface area contributed by atoms with Gasteiger partial charge in [0.25, 0.3) is 0 Å². The van der Waals surface area contributed by atoms with Crippen molar-refractivity contribution in [1.29, 1.82) is 0 Å². The zero-order chi connectivity index (χ0) is 28.4. The molecule has 5 aliphatic heterocycles. The minimum absolute atomic E-state index is 0.0287. The number of hydrogen-bond donors (Lipinski definition) is 1. The molecule has 7 nitrogen and oxygen atoms in total. The van der Waals surface area contributed by atoms with Gasteiger partial charge < -0.3 is 18.9 Å². The van der Waals surface area contributed by atoms with Crippen molar-refractivity contribution >= 4 is 9.84 Å². The second-order valence-electron chi connectivity index (χ2n) is 13.9. The number of rotatable bonds is 5. The first kappa shape index (κ1) is 28.8. The van der Waals surface area contributed by atoms with Gasteiger partial charge in [-0.05, 0) is 66.6 Å². The van der Waals surface area contributed by atoms with Crippen LogP contribution in [0.3, 0.4) is 0 Å². The number of sulfone groups is 1. The van der Waals surface area contributed by atoms with Crippen LogP contribution in [0.1, 0.15) is 73.1 Å². The summed E-state index contributed by atoms with van der Waals surface area (Å²) in [4.78, 5) is 0.299. The van der Waals surface area contributed by atoms with E-state index in [1.54, 1.807) is 24.3 Å². The van der Waals surface area contributed by atoms with Gasteiger partial charge in [0.05, 0.1) is 23.2 Å². The van der Waals surface area contributed by atoms with Crippen LogP contribution < -0.4 is 5.32 Å². The first-order chi connectivity index (χ1) is 18.9. The highest BCUT2D eigenvalue weighted by Crippen LogP contribution is 2.52. The first-order valence-corrected chi connectivity index (χ1v) is 16.9. The maximum atomic E-state index is 13.6. The Balaban J connectivity index is 1.21. The van der Waals surface area contributed by atoms with E-state index >= 15 is 0 Å². The Kier molecular flexibility index (Phi) is 7.53. The smallest absolute Gasteiger partial charge is 0.205 e. The fourth-order valence-electron chi connectivity index (χ4n) is 8.43. The highest BCUT2D eigenvalue weighted by Gasteiger charge is 2.61. The largest absolute Gasteiger partial charge is 0.354 e. The highest BCUT2D eigenvalue weighted by molar-refractivity contribution is 7.92. The van der Waals surface area contributed by atoms with Crippen LogP contribution >= 0.6 is 0 Å². The van der Waals surface area contributed by atoms with E-state index in [4.69, 9.17) is 18.9 Å². The zero-order valence-electron chi connectivity index (χ0n) is 24.7. The monoisotopic (exact) mass is 573 g/mol. The van der Waals surface area contributed by atoms with Gasteiger partial charge in [-0.1, -0.05) is 59.4 Å². The Hall–Kier alpha value is -1.29. The van der Waals surface area contributed by atoms with Crippen LogP contribution in [0.25, 0.3) is 0 Å². The van der Waals surface area contributed by atoms with Gasteiger partial charge in [-0.15, -0.1) is 0 Å². The Morgan fingerprint density at radius 1 is 0.925 bits per heavy atom. The van der Waals surface area contributed by atoms with Gasteiger partial charge in [0.1, 0.15) is 11.8 Å². The molecule has 1 aromatic rings. The second-order valence-corrected chi connectivity index (χ2v) is 15.9. The maximum Gasteiger partial charge on any atom is 0.205 e. The van der Waals surface area contributed by atoms with Crippen molar-refractivity contribution in [2.24, 2.45) is 29.6 Å². The number of piperidine rings is 1. The summed E-state index contributed by atoms with van der Waals surface area (Å²) in [6.45, 7) is 16.4. The molecule has 5 heterocycles. The zero-order valence-corrected chi connectivity index (χ0v) is 25.5. The second kappa shape index (κ2) is 10.5. The van der Waals surface area contributed by atoms with Crippen molar-refractivity contribution in [2.75, 3.05) is 6.54 Å². The molecule has 222 valence electrons. The minimum atomic E-state index is -3.65. The number of fused-ring (bicyclic) bond motifs is 4. The van der Waals surface area contributed by atoms with Crippen molar-refractivity contribution in [2.45, 2.75) is 119 Å². The molecular weight excluding hydrogens is 526 g/mol. The predicted octanol–water partition coefficient (Wildman–Crippen LogP) is 5.45. The van der Waals surface area contributed by atoms with Gasteiger partial charge in [0.2, 0.25) is 9.84 Å². The van der Waals surface area contributed by atoms with Crippen LogP contribution in [0.15, 0.2) is 47.4 Å². The summed E-state index contributed by atoms with van der Waals surface area (Å²) in [5.41, 5.74) is -0.420. The third kappa shape index (κ3) is 5.01. The Morgan fingerprint density at radius 3 is 2.38 bits per heavy atom. The summed E-state index contributed by atoms with van der Waals surface area (Å²) in [5, 5.41) is 3.74. The quantitative estimate of drug-likeness (QED) is 0.469. The lowest BCUT2D eigenvalue weighted by Crippen LogP contribution is -2.60. The van der Waals surface area contributed by atoms with E-state index in [2.05, 4.69) is 39.6 Å². The molecular formula is C32H47NO6S. The fourth-order valence-corrected chi connectivity index (χ4v) is 10.2. The van der Waals surface area contributed by atoms with E-state index in [0.717, 1.165) is 44.2 Å². The molecule has 1 spiro atoms. The molecule has 6 rings (SSSR count). The molecule has 40 heavy (non-hydrogen) atoms. The van der Waals surface area contributed by atoms with E-state index in [0.29, 0.717) is 29.1 Å². The van der Waals surface area contributed by atoms with E-state index in [1.165, 1.54) is 0 Å². The molecule has 12 atom stereocenters. The molecule has 0 amide bonds. The van der Waals surface area contributed by atoms with E-state index in [9.17, 15) is 8.42 Å². The molecule has 2 bridgehead atoms. The van der Waals surface area contributed by atoms with Crippen molar-refractivity contribution in [1.82, 2.24) is 5.32 Å². The lowest BCUT2D eigenvalue weighted by molar-refractivity contribution is -0.364. The summed E-state index contributed by atoms with van der Waals surface area (Å²) in [6, 6.07) is 8.63. The summed E-state index contributed by atoms with van der Waals surface area (Å²) in [6.07, 6.45) is 4.38. The van der Waals surface area contributed by atoms with Crippen LogP contribution in [0, 0.1) is 29.6 Å². The number of ether oxygens (including phenoxy) is 4. The fraction of sp³-hybridized carbons (Fsp3) is 0.750. The third-order valence-corrected chi connectivity index (χ3v) is 12.3. The average Bonchev–Trinajstić information content (AvgIpc) is 3.25. The Morgan fingerprint density at radius 2 is 1.65 bits per heavy atom. The SMILES string of the molecule is C=C(C[C@]12C[C@H](C)C[C@@H](O1)[C@@H]1O[C@@]3(C[C@@H]1O2)NC[C@@H](C)C[C@H]3C)[C@@H]1O[C@H](S(=O)(=O)c2ccccc2)[C@@H](C)C[C@H]1C. The Bertz CT molecular complexity index is 1210. The summed E-state index contributed by atoms with van der Waals surface area (Å²) in [5.74, 6) is 0.676. The molecule has 1 aromatic carbocycles. The summed E-state index contributed by atoms with van der Waals surface area (Å²) in [7, 11) is -3.65. The van der Waals surface area contributed by atoms with Crippen LogP contribution in [-0.2, 0) is 28.8 Å². The van der Waals surface area contributed by atoms with E-state index < -0.39 is 21.1 Å². The van der Waals surface area contributed by atoms with Gasteiger partial charge in [-0.3, -0.25) is 5.32 Å².